The Morgan fingerprint density at radius 2 is 2.06 bits per heavy atom. The van der Waals surface area contributed by atoms with Gasteiger partial charge in [0.1, 0.15) is 0 Å². The summed E-state index contributed by atoms with van der Waals surface area (Å²) in [4.78, 5) is 0. The molecule has 1 aromatic rings. The second kappa shape index (κ2) is 5.38. The van der Waals surface area contributed by atoms with E-state index in [0.29, 0.717) is 22.2 Å². The van der Waals surface area contributed by atoms with E-state index in [1.165, 1.54) is 0 Å². The number of benzene rings is 1. The summed E-state index contributed by atoms with van der Waals surface area (Å²) in [6.07, 6.45) is 1.41. The Labute approximate surface area is 119 Å². The molecule has 2 atom stereocenters. The van der Waals surface area contributed by atoms with Gasteiger partial charge in [-0.25, -0.2) is 0 Å². The van der Waals surface area contributed by atoms with Gasteiger partial charge < -0.3 is 10.1 Å². The zero-order valence-corrected chi connectivity index (χ0v) is 12.5. The predicted octanol–water partition coefficient (Wildman–Crippen LogP) is 3.90. The first-order valence-corrected chi connectivity index (χ1v) is 6.91. The Morgan fingerprint density at radius 1 is 1.33 bits per heavy atom. The van der Waals surface area contributed by atoms with E-state index < -0.39 is 0 Å². The summed E-state index contributed by atoms with van der Waals surface area (Å²) in [7, 11) is 1.78. The van der Waals surface area contributed by atoms with Gasteiger partial charge in [0.2, 0.25) is 0 Å². The zero-order valence-electron chi connectivity index (χ0n) is 11.0. The van der Waals surface area contributed by atoms with E-state index in [-0.39, 0.29) is 5.41 Å². The lowest BCUT2D eigenvalue weighted by molar-refractivity contribution is -0.0979. The van der Waals surface area contributed by atoms with Crippen LogP contribution in [0.4, 0.5) is 0 Å². The fraction of sp³-hybridized carbons (Fsp3) is 0.571. The van der Waals surface area contributed by atoms with Gasteiger partial charge in [-0.3, -0.25) is 0 Å². The number of rotatable bonds is 4. The van der Waals surface area contributed by atoms with Gasteiger partial charge in [0, 0.05) is 25.1 Å². The molecule has 0 radical (unpaired) electrons. The average Bonchev–Trinajstić information content (AvgIpc) is 2.32. The van der Waals surface area contributed by atoms with Gasteiger partial charge in [-0.05, 0) is 24.1 Å². The normalized spacial score (nSPS) is 25.8. The Hall–Kier alpha value is -0.280. The van der Waals surface area contributed by atoms with Crippen molar-refractivity contribution >= 4 is 23.2 Å². The molecule has 0 amide bonds. The number of hydrogen-bond acceptors (Lipinski definition) is 2. The van der Waals surface area contributed by atoms with Crippen molar-refractivity contribution in [2.24, 2.45) is 5.41 Å². The second-order valence-electron chi connectivity index (χ2n) is 5.46. The summed E-state index contributed by atoms with van der Waals surface area (Å²) < 4.78 is 5.44. The highest BCUT2D eigenvalue weighted by atomic mass is 35.5. The minimum absolute atomic E-state index is 0.185. The Balaban J connectivity index is 1.91. The first kappa shape index (κ1) is 14.1. The molecule has 1 aliphatic carbocycles. The van der Waals surface area contributed by atoms with E-state index in [2.05, 4.69) is 19.2 Å². The summed E-state index contributed by atoms with van der Waals surface area (Å²) in [6.45, 7) is 5.27. The van der Waals surface area contributed by atoms with Gasteiger partial charge in [-0.2, -0.15) is 0 Å². The molecule has 1 N–H and O–H groups in total. The highest BCUT2D eigenvalue weighted by Gasteiger charge is 2.48. The summed E-state index contributed by atoms with van der Waals surface area (Å²) >= 11 is 11.9. The number of ether oxygens (including phenoxy) is 1. The summed E-state index contributed by atoms with van der Waals surface area (Å²) in [5.74, 6) is 0. The minimum atomic E-state index is 0.185. The SMILES string of the molecule is COC1CC(NCc2ccc(Cl)c(Cl)c2)C1(C)C. The molecule has 1 saturated carbocycles. The van der Waals surface area contributed by atoms with Crippen LogP contribution in [0.3, 0.4) is 0 Å². The van der Waals surface area contributed by atoms with Crippen LogP contribution in [-0.4, -0.2) is 19.3 Å². The molecule has 4 heteroatoms. The van der Waals surface area contributed by atoms with E-state index in [1.807, 2.05) is 18.2 Å². The van der Waals surface area contributed by atoms with Crippen LogP contribution >= 0.6 is 23.2 Å². The Kier molecular flexibility index (Phi) is 4.22. The number of halogens is 2. The van der Waals surface area contributed by atoms with Crippen molar-refractivity contribution < 1.29 is 4.74 Å². The van der Waals surface area contributed by atoms with E-state index in [1.54, 1.807) is 7.11 Å². The van der Waals surface area contributed by atoms with Gasteiger partial charge in [-0.1, -0.05) is 43.1 Å². The monoisotopic (exact) mass is 287 g/mol. The molecule has 18 heavy (non-hydrogen) atoms. The molecular formula is C14H19Cl2NO. The van der Waals surface area contributed by atoms with Crippen LogP contribution in [0.1, 0.15) is 25.8 Å². The summed E-state index contributed by atoms with van der Waals surface area (Å²) in [5, 5.41) is 4.77. The lowest BCUT2D eigenvalue weighted by atomic mass is 9.64. The molecule has 100 valence electrons. The van der Waals surface area contributed by atoms with Crippen LogP contribution in [-0.2, 0) is 11.3 Å². The van der Waals surface area contributed by atoms with Crippen molar-refractivity contribution in [1.82, 2.24) is 5.32 Å². The predicted molar refractivity (Wildman–Crippen MR) is 76.3 cm³/mol. The van der Waals surface area contributed by atoms with E-state index in [9.17, 15) is 0 Å². The molecule has 0 aliphatic heterocycles. The summed E-state index contributed by atoms with van der Waals surface area (Å²) in [6, 6.07) is 6.24. The van der Waals surface area contributed by atoms with Crippen LogP contribution in [0.25, 0.3) is 0 Å². The molecule has 0 bridgehead atoms. The van der Waals surface area contributed by atoms with Gasteiger partial charge >= 0.3 is 0 Å². The van der Waals surface area contributed by atoms with Crippen molar-refractivity contribution in [2.75, 3.05) is 7.11 Å². The van der Waals surface area contributed by atoms with Crippen LogP contribution in [0.15, 0.2) is 18.2 Å². The highest BCUT2D eigenvalue weighted by molar-refractivity contribution is 6.42. The maximum atomic E-state index is 6.00. The van der Waals surface area contributed by atoms with E-state index in [0.717, 1.165) is 18.5 Å². The number of methoxy groups -OCH3 is 1. The minimum Gasteiger partial charge on any atom is -0.381 e. The first-order valence-electron chi connectivity index (χ1n) is 6.15. The molecule has 2 unspecified atom stereocenters. The number of hydrogen-bond donors (Lipinski definition) is 1. The van der Waals surface area contributed by atoms with Crippen molar-refractivity contribution in [3.63, 3.8) is 0 Å². The highest BCUT2D eigenvalue weighted by Crippen LogP contribution is 2.42. The number of nitrogens with one attached hydrogen (secondary N) is 1. The van der Waals surface area contributed by atoms with Gasteiger partial charge in [0.25, 0.3) is 0 Å². The van der Waals surface area contributed by atoms with Crippen molar-refractivity contribution in [1.29, 1.82) is 0 Å². The zero-order chi connectivity index (χ0) is 13.3. The molecule has 1 aromatic carbocycles. The Morgan fingerprint density at radius 3 is 2.61 bits per heavy atom. The fourth-order valence-electron chi connectivity index (χ4n) is 2.52. The quantitative estimate of drug-likeness (QED) is 0.907. The van der Waals surface area contributed by atoms with E-state index >= 15 is 0 Å². The second-order valence-corrected chi connectivity index (χ2v) is 6.28. The molecule has 2 rings (SSSR count). The van der Waals surface area contributed by atoms with Gasteiger partial charge in [0.05, 0.1) is 16.1 Å². The lowest BCUT2D eigenvalue weighted by Crippen LogP contribution is -2.60. The molecule has 1 fully saturated rings. The van der Waals surface area contributed by atoms with Crippen LogP contribution in [0.2, 0.25) is 10.0 Å². The third-order valence-corrected chi connectivity index (χ3v) is 4.74. The molecule has 0 heterocycles. The maximum absolute atomic E-state index is 6.00. The average molecular weight is 288 g/mol. The van der Waals surface area contributed by atoms with Crippen molar-refractivity contribution in [2.45, 2.75) is 39.0 Å². The third kappa shape index (κ3) is 2.67. The van der Waals surface area contributed by atoms with Gasteiger partial charge in [-0.15, -0.1) is 0 Å². The third-order valence-electron chi connectivity index (χ3n) is 4.00. The molecule has 1 aliphatic rings. The molecular weight excluding hydrogens is 269 g/mol. The van der Waals surface area contributed by atoms with E-state index in [4.69, 9.17) is 27.9 Å². The molecule has 0 saturated heterocycles. The van der Waals surface area contributed by atoms with Crippen LogP contribution < -0.4 is 5.32 Å². The topological polar surface area (TPSA) is 21.3 Å². The first-order chi connectivity index (χ1) is 8.45. The molecule has 0 spiro atoms. The lowest BCUT2D eigenvalue weighted by Gasteiger charge is -2.51. The molecule has 0 aromatic heterocycles. The standard InChI is InChI=1S/C14H19Cl2NO/c1-14(2)12(7-13(14)18-3)17-8-9-4-5-10(15)11(16)6-9/h4-6,12-13,17H,7-8H2,1-3H3. The summed E-state index contributed by atoms with van der Waals surface area (Å²) in [5.41, 5.74) is 1.34. The largest absolute Gasteiger partial charge is 0.381 e. The fourth-order valence-corrected chi connectivity index (χ4v) is 2.84. The molecule has 2 nitrogen and oxygen atoms in total. The van der Waals surface area contributed by atoms with Gasteiger partial charge in [0.15, 0.2) is 0 Å². The smallest absolute Gasteiger partial charge is 0.0652 e. The maximum Gasteiger partial charge on any atom is 0.0652 e. The van der Waals surface area contributed by atoms with Crippen LogP contribution in [0.5, 0.6) is 0 Å². The van der Waals surface area contributed by atoms with Crippen molar-refractivity contribution in [3.8, 4) is 0 Å². The van der Waals surface area contributed by atoms with Crippen molar-refractivity contribution in [3.05, 3.63) is 33.8 Å². The van der Waals surface area contributed by atoms with Crippen LogP contribution in [0, 0.1) is 5.41 Å². The Bertz CT molecular complexity index is 434.